The molecule has 0 aliphatic heterocycles. The molecule has 0 aliphatic carbocycles. The molecule has 0 radical (unpaired) electrons. The topological polar surface area (TPSA) is 81.6 Å². The molecule has 0 aliphatic rings. The first kappa shape index (κ1) is 16.5. The molecule has 0 saturated carbocycles. The van der Waals surface area contributed by atoms with Crippen molar-refractivity contribution >= 4 is 11.6 Å². The Bertz CT molecular complexity index is 447. The van der Waals surface area contributed by atoms with E-state index in [0.29, 0.717) is 18.0 Å². The van der Waals surface area contributed by atoms with Gasteiger partial charge in [0.15, 0.2) is 0 Å². The summed E-state index contributed by atoms with van der Waals surface area (Å²) in [6.45, 7) is 6.54. The Labute approximate surface area is 120 Å². The summed E-state index contributed by atoms with van der Waals surface area (Å²) in [5.74, 6) is 0.308. The molecule has 1 unspecified atom stereocenters. The molecule has 1 aromatic rings. The average molecular weight is 280 g/mol. The van der Waals surface area contributed by atoms with Crippen LogP contribution < -0.4 is 10.6 Å². The monoisotopic (exact) mass is 280 g/mol. The van der Waals surface area contributed by atoms with Gasteiger partial charge in [0.05, 0.1) is 12.7 Å². The van der Waals surface area contributed by atoms with E-state index in [-0.39, 0.29) is 19.1 Å². The second kappa shape index (κ2) is 7.87. The Morgan fingerprint density at radius 2 is 2.00 bits per heavy atom. The van der Waals surface area contributed by atoms with E-state index in [1.807, 2.05) is 26.8 Å². The highest BCUT2D eigenvalue weighted by Gasteiger charge is 2.12. The second-order valence-electron chi connectivity index (χ2n) is 5.30. The summed E-state index contributed by atoms with van der Waals surface area (Å²) in [7, 11) is 0. The summed E-state index contributed by atoms with van der Waals surface area (Å²) < 4.78 is 0. The van der Waals surface area contributed by atoms with Crippen LogP contribution in [-0.2, 0) is 0 Å². The van der Waals surface area contributed by atoms with Crippen molar-refractivity contribution in [3.63, 3.8) is 0 Å². The molecule has 5 heteroatoms. The molecule has 0 fully saturated rings. The third-order valence-electron chi connectivity index (χ3n) is 2.99. The fourth-order valence-corrected chi connectivity index (χ4v) is 1.76. The molecule has 0 spiro atoms. The standard InChI is InChI=1S/C15H24N2O3/c1-10(2)7-17-15(20)13-5-4-6-14(11(13)3)16-8-12(19)9-18/h4-6,10,12,16,18-19H,7-9H2,1-3H3,(H,17,20). The van der Waals surface area contributed by atoms with Gasteiger partial charge in [0.2, 0.25) is 0 Å². The van der Waals surface area contributed by atoms with Gasteiger partial charge in [-0.2, -0.15) is 0 Å². The van der Waals surface area contributed by atoms with Gasteiger partial charge in [0, 0.05) is 24.3 Å². The summed E-state index contributed by atoms with van der Waals surface area (Å²) in [6.07, 6.45) is -0.812. The van der Waals surface area contributed by atoms with Crippen LogP contribution in [0.1, 0.15) is 29.8 Å². The Hall–Kier alpha value is -1.59. The average Bonchev–Trinajstić information content (AvgIpc) is 2.43. The van der Waals surface area contributed by atoms with Crippen LogP contribution in [0.15, 0.2) is 18.2 Å². The number of aliphatic hydroxyl groups excluding tert-OH is 2. The maximum Gasteiger partial charge on any atom is 0.251 e. The third kappa shape index (κ3) is 4.83. The van der Waals surface area contributed by atoms with Crippen LogP contribution in [0, 0.1) is 12.8 Å². The van der Waals surface area contributed by atoms with E-state index in [9.17, 15) is 9.90 Å². The van der Waals surface area contributed by atoms with E-state index in [4.69, 9.17) is 5.11 Å². The van der Waals surface area contributed by atoms with Crippen LogP contribution in [0.2, 0.25) is 0 Å². The summed E-state index contributed by atoms with van der Waals surface area (Å²) in [4.78, 5) is 12.1. The van der Waals surface area contributed by atoms with Gasteiger partial charge in [-0.05, 0) is 30.5 Å². The first-order valence-electron chi connectivity index (χ1n) is 6.86. The number of carbonyl (C=O) groups excluding carboxylic acids is 1. The lowest BCUT2D eigenvalue weighted by Gasteiger charge is -2.15. The SMILES string of the molecule is Cc1c(NCC(O)CO)cccc1C(=O)NCC(C)C. The zero-order chi connectivity index (χ0) is 15.1. The van der Waals surface area contributed by atoms with Gasteiger partial charge in [-0.15, -0.1) is 0 Å². The number of aliphatic hydroxyl groups is 2. The molecule has 5 nitrogen and oxygen atoms in total. The number of carbonyl (C=O) groups is 1. The van der Waals surface area contributed by atoms with Crippen molar-refractivity contribution in [2.24, 2.45) is 5.92 Å². The van der Waals surface area contributed by atoms with E-state index in [1.54, 1.807) is 12.1 Å². The highest BCUT2D eigenvalue weighted by atomic mass is 16.3. The lowest BCUT2D eigenvalue weighted by atomic mass is 10.1. The molecule has 0 saturated heterocycles. The summed E-state index contributed by atoms with van der Waals surface area (Å²) >= 11 is 0. The lowest BCUT2D eigenvalue weighted by molar-refractivity contribution is 0.0948. The zero-order valence-electron chi connectivity index (χ0n) is 12.3. The van der Waals surface area contributed by atoms with Crippen molar-refractivity contribution in [2.45, 2.75) is 26.9 Å². The van der Waals surface area contributed by atoms with Crippen molar-refractivity contribution in [3.8, 4) is 0 Å². The minimum Gasteiger partial charge on any atom is -0.394 e. The number of nitrogens with one attached hydrogen (secondary N) is 2. The Morgan fingerprint density at radius 3 is 2.60 bits per heavy atom. The van der Waals surface area contributed by atoms with Gasteiger partial charge in [-0.1, -0.05) is 19.9 Å². The molecule has 0 heterocycles. The van der Waals surface area contributed by atoms with Crippen molar-refractivity contribution in [2.75, 3.05) is 25.0 Å². The smallest absolute Gasteiger partial charge is 0.251 e. The number of benzene rings is 1. The van der Waals surface area contributed by atoms with E-state index < -0.39 is 6.10 Å². The first-order valence-corrected chi connectivity index (χ1v) is 6.86. The number of anilines is 1. The number of amides is 1. The van der Waals surface area contributed by atoms with Crippen LogP contribution in [-0.4, -0.2) is 41.9 Å². The van der Waals surface area contributed by atoms with Crippen LogP contribution in [0.25, 0.3) is 0 Å². The molecule has 112 valence electrons. The van der Waals surface area contributed by atoms with Gasteiger partial charge in [-0.3, -0.25) is 4.79 Å². The van der Waals surface area contributed by atoms with Crippen LogP contribution in [0.5, 0.6) is 0 Å². The Balaban J connectivity index is 2.76. The first-order chi connectivity index (χ1) is 9.45. The Morgan fingerprint density at radius 1 is 1.30 bits per heavy atom. The van der Waals surface area contributed by atoms with Crippen LogP contribution in [0.4, 0.5) is 5.69 Å². The number of hydrogen-bond donors (Lipinski definition) is 4. The van der Waals surface area contributed by atoms with E-state index in [0.717, 1.165) is 11.3 Å². The van der Waals surface area contributed by atoms with Crippen molar-refractivity contribution in [1.29, 1.82) is 0 Å². The number of rotatable bonds is 7. The summed E-state index contributed by atoms with van der Waals surface area (Å²) in [5.41, 5.74) is 2.24. The molecular formula is C15H24N2O3. The van der Waals surface area contributed by atoms with Gasteiger partial charge < -0.3 is 20.8 Å². The molecular weight excluding hydrogens is 256 g/mol. The normalized spacial score (nSPS) is 12.3. The molecule has 0 bridgehead atoms. The highest BCUT2D eigenvalue weighted by Crippen LogP contribution is 2.19. The number of hydrogen-bond acceptors (Lipinski definition) is 4. The summed E-state index contributed by atoms with van der Waals surface area (Å²) in [5, 5.41) is 24.1. The zero-order valence-corrected chi connectivity index (χ0v) is 12.3. The minimum absolute atomic E-state index is 0.0949. The van der Waals surface area contributed by atoms with Crippen LogP contribution in [0.3, 0.4) is 0 Å². The largest absolute Gasteiger partial charge is 0.394 e. The fourth-order valence-electron chi connectivity index (χ4n) is 1.76. The van der Waals surface area contributed by atoms with Crippen molar-refractivity contribution < 1.29 is 15.0 Å². The third-order valence-corrected chi connectivity index (χ3v) is 2.99. The molecule has 1 atom stereocenters. The quantitative estimate of drug-likeness (QED) is 0.604. The summed E-state index contributed by atoms with van der Waals surface area (Å²) in [6, 6.07) is 5.42. The van der Waals surface area contributed by atoms with Crippen molar-refractivity contribution in [3.05, 3.63) is 29.3 Å². The van der Waals surface area contributed by atoms with Gasteiger partial charge in [0.25, 0.3) is 5.91 Å². The lowest BCUT2D eigenvalue weighted by Crippen LogP contribution is -2.28. The predicted molar refractivity (Wildman–Crippen MR) is 79.9 cm³/mol. The van der Waals surface area contributed by atoms with Gasteiger partial charge in [0.1, 0.15) is 0 Å². The van der Waals surface area contributed by atoms with E-state index in [2.05, 4.69) is 10.6 Å². The minimum atomic E-state index is -0.812. The molecule has 1 rings (SSSR count). The fraction of sp³-hybridized carbons (Fsp3) is 0.533. The van der Waals surface area contributed by atoms with Crippen LogP contribution >= 0.6 is 0 Å². The molecule has 1 aromatic carbocycles. The highest BCUT2D eigenvalue weighted by molar-refractivity contribution is 5.97. The maximum absolute atomic E-state index is 12.1. The van der Waals surface area contributed by atoms with Gasteiger partial charge >= 0.3 is 0 Å². The van der Waals surface area contributed by atoms with E-state index in [1.165, 1.54) is 0 Å². The maximum atomic E-state index is 12.1. The second-order valence-corrected chi connectivity index (χ2v) is 5.30. The molecule has 0 aromatic heterocycles. The van der Waals surface area contributed by atoms with Crippen molar-refractivity contribution in [1.82, 2.24) is 5.32 Å². The van der Waals surface area contributed by atoms with E-state index >= 15 is 0 Å². The molecule has 1 amide bonds. The Kier molecular flexibility index (Phi) is 6.48. The predicted octanol–water partition coefficient (Wildman–Crippen LogP) is 1.15. The molecule has 4 N–H and O–H groups in total. The molecule has 20 heavy (non-hydrogen) atoms. The van der Waals surface area contributed by atoms with Gasteiger partial charge in [-0.25, -0.2) is 0 Å².